The zero-order valence-electron chi connectivity index (χ0n) is 15.5. The molecule has 0 amide bonds. The lowest BCUT2D eigenvalue weighted by Crippen LogP contribution is -1.90. The second kappa shape index (κ2) is 15.2. The molecule has 0 aliphatic rings. The standard InChI is InChI=1S/C21H35BrClN/c1-2-3-4-5-6-7-8-9-10-11-12-13-14-15-16-19-17-18-24-21(23)20(19)22/h17-18H,2-16H2,1H3. The van der Waals surface area contributed by atoms with Crippen LogP contribution in [0.3, 0.4) is 0 Å². The zero-order valence-corrected chi connectivity index (χ0v) is 17.8. The number of halogens is 2. The van der Waals surface area contributed by atoms with Crippen LogP contribution in [0.2, 0.25) is 5.15 Å². The molecule has 0 fully saturated rings. The van der Waals surface area contributed by atoms with E-state index in [1.54, 1.807) is 6.20 Å². The van der Waals surface area contributed by atoms with E-state index in [0.29, 0.717) is 5.15 Å². The van der Waals surface area contributed by atoms with Gasteiger partial charge in [-0.15, -0.1) is 0 Å². The van der Waals surface area contributed by atoms with E-state index in [2.05, 4.69) is 33.9 Å². The maximum Gasteiger partial charge on any atom is 0.143 e. The molecule has 138 valence electrons. The van der Waals surface area contributed by atoms with Crippen molar-refractivity contribution in [3.63, 3.8) is 0 Å². The first-order valence-corrected chi connectivity index (χ1v) is 11.2. The highest BCUT2D eigenvalue weighted by molar-refractivity contribution is 9.10. The first-order valence-electron chi connectivity index (χ1n) is 10.0. The van der Waals surface area contributed by atoms with Crippen LogP contribution >= 0.6 is 27.5 Å². The molecule has 0 N–H and O–H groups in total. The van der Waals surface area contributed by atoms with Gasteiger partial charge in [0.15, 0.2) is 0 Å². The Morgan fingerprint density at radius 3 is 1.75 bits per heavy atom. The van der Waals surface area contributed by atoms with Crippen molar-refractivity contribution in [1.29, 1.82) is 0 Å². The van der Waals surface area contributed by atoms with Crippen LogP contribution in [0.25, 0.3) is 0 Å². The van der Waals surface area contributed by atoms with Gasteiger partial charge < -0.3 is 0 Å². The van der Waals surface area contributed by atoms with Gasteiger partial charge in [-0.3, -0.25) is 0 Å². The third-order valence-electron chi connectivity index (χ3n) is 4.73. The average Bonchev–Trinajstić information content (AvgIpc) is 2.58. The summed E-state index contributed by atoms with van der Waals surface area (Å²) in [7, 11) is 0. The van der Waals surface area contributed by atoms with Crippen molar-refractivity contribution in [2.45, 2.75) is 103 Å². The molecule has 3 heteroatoms. The molecule has 1 aromatic heterocycles. The van der Waals surface area contributed by atoms with Crippen molar-refractivity contribution in [3.8, 4) is 0 Å². The maximum atomic E-state index is 6.02. The number of pyridine rings is 1. The second-order valence-electron chi connectivity index (χ2n) is 6.92. The molecule has 1 rings (SSSR count). The Bertz CT molecular complexity index is 422. The minimum atomic E-state index is 0.581. The quantitative estimate of drug-likeness (QED) is 0.206. The van der Waals surface area contributed by atoms with Gasteiger partial charge in [0.2, 0.25) is 0 Å². The molecule has 0 aliphatic carbocycles. The van der Waals surface area contributed by atoms with E-state index in [1.165, 1.54) is 95.5 Å². The Kier molecular flexibility index (Phi) is 13.9. The van der Waals surface area contributed by atoms with Crippen molar-refractivity contribution in [2.75, 3.05) is 0 Å². The van der Waals surface area contributed by atoms with Crippen LogP contribution in [-0.2, 0) is 6.42 Å². The molecule has 1 aromatic rings. The molecule has 0 atom stereocenters. The van der Waals surface area contributed by atoms with E-state index in [0.717, 1.165) is 10.9 Å². The zero-order chi connectivity index (χ0) is 17.5. The van der Waals surface area contributed by atoms with E-state index in [1.807, 2.05) is 0 Å². The van der Waals surface area contributed by atoms with Gasteiger partial charge in [-0.05, 0) is 40.4 Å². The molecule has 0 aliphatic heterocycles. The molecule has 1 nitrogen and oxygen atoms in total. The summed E-state index contributed by atoms with van der Waals surface area (Å²) in [4.78, 5) is 4.08. The molecule has 24 heavy (non-hydrogen) atoms. The number of hydrogen-bond acceptors (Lipinski definition) is 1. The number of nitrogens with zero attached hydrogens (tertiary/aromatic N) is 1. The van der Waals surface area contributed by atoms with Gasteiger partial charge >= 0.3 is 0 Å². The third-order valence-corrected chi connectivity index (χ3v) is 6.13. The van der Waals surface area contributed by atoms with Crippen LogP contribution in [0.5, 0.6) is 0 Å². The van der Waals surface area contributed by atoms with Crippen LogP contribution in [0.1, 0.15) is 102 Å². The highest BCUT2D eigenvalue weighted by Gasteiger charge is 2.04. The Morgan fingerprint density at radius 2 is 1.25 bits per heavy atom. The predicted molar refractivity (Wildman–Crippen MR) is 111 cm³/mol. The Hall–Kier alpha value is -0.0800. The summed E-state index contributed by atoms with van der Waals surface area (Å²) < 4.78 is 0.973. The van der Waals surface area contributed by atoms with Gasteiger partial charge in [0.05, 0.1) is 4.47 Å². The summed E-state index contributed by atoms with van der Waals surface area (Å²) in [5.41, 5.74) is 1.29. The first kappa shape index (κ1) is 22.0. The summed E-state index contributed by atoms with van der Waals surface area (Å²) in [5, 5.41) is 0.581. The topological polar surface area (TPSA) is 12.9 Å². The lowest BCUT2D eigenvalue weighted by molar-refractivity contribution is 0.535. The normalized spacial score (nSPS) is 11.1. The van der Waals surface area contributed by atoms with Crippen molar-refractivity contribution >= 4 is 27.5 Å². The van der Waals surface area contributed by atoms with Gasteiger partial charge in [-0.25, -0.2) is 4.98 Å². The van der Waals surface area contributed by atoms with E-state index in [9.17, 15) is 0 Å². The third kappa shape index (κ3) is 10.7. The van der Waals surface area contributed by atoms with Gasteiger partial charge in [0.25, 0.3) is 0 Å². The number of aromatic nitrogens is 1. The van der Waals surface area contributed by atoms with E-state index >= 15 is 0 Å². The summed E-state index contributed by atoms with van der Waals surface area (Å²) >= 11 is 9.55. The van der Waals surface area contributed by atoms with E-state index < -0.39 is 0 Å². The molecular formula is C21H35BrClN. The predicted octanol–water partition coefficient (Wildman–Crippen LogP) is 8.52. The molecule has 0 radical (unpaired) electrons. The SMILES string of the molecule is CCCCCCCCCCCCCCCCc1ccnc(Cl)c1Br. The first-order chi connectivity index (χ1) is 11.8. The fourth-order valence-corrected chi connectivity index (χ4v) is 3.77. The van der Waals surface area contributed by atoms with Crippen LogP contribution in [0, 0.1) is 0 Å². The smallest absolute Gasteiger partial charge is 0.143 e. The fourth-order valence-electron chi connectivity index (χ4n) is 3.16. The van der Waals surface area contributed by atoms with Crippen molar-refractivity contribution < 1.29 is 0 Å². The summed E-state index contributed by atoms with van der Waals surface area (Å²) in [5.74, 6) is 0. The van der Waals surface area contributed by atoms with Crippen LogP contribution in [0.4, 0.5) is 0 Å². The monoisotopic (exact) mass is 415 g/mol. The van der Waals surface area contributed by atoms with Gasteiger partial charge in [0.1, 0.15) is 5.15 Å². The second-order valence-corrected chi connectivity index (χ2v) is 8.07. The molecule has 0 saturated heterocycles. The summed E-state index contributed by atoms with van der Waals surface area (Å²) in [6, 6.07) is 2.07. The maximum absolute atomic E-state index is 6.02. The summed E-state index contributed by atoms with van der Waals surface area (Å²) in [6.07, 6.45) is 22.5. The number of aryl methyl sites for hydroxylation is 1. The Labute approximate surface area is 163 Å². The van der Waals surface area contributed by atoms with E-state index in [4.69, 9.17) is 11.6 Å². The van der Waals surface area contributed by atoms with E-state index in [-0.39, 0.29) is 0 Å². The molecular weight excluding hydrogens is 382 g/mol. The van der Waals surface area contributed by atoms with Crippen LogP contribution in [-0.4, -0.2) is 4.98 Å². The highest BCUT2D eigenvalue weighted by Crippen LogP contribution is 2.25. The molecule has 0 spiro atoms. The van der Waals surface area contributed by atoms with Crippen molar-refractivity contribution in [2.24, 2.45) is 0 Å². The average molecular weight is 417 g/mol. The lowest BCUT2D eigenvalue weighted by atomic mass is 10.0. The van der Waals surface area contributed by atoms with Crippen LogP contribution in [0.15, 0.2) is 16.7 Å². The molecule has 1 heterocycles. The van der Waals surface area contributed by atoms with Crippen molar-refractivity contribution in [1.82, 2.24) is 4.98 Å². The molecule has 0 unspecified atom stereocenters. The largest absolute Gasteiger partial charge is 0.243 e. The highest BCUT2D eigenvalue weighted by atomic mass is 79.9. The minimum Gasteiger partial charge on any atom is -0.243 e. The Balaban J connectivity index is 1.85. The lowest BCUT2D eigenvalue weighted by Gasteiger charge is -2.06. The molecule has 0 saturated carbocycles. The Morgan fingerprint density at radius 1 is 0.792 bits per heavy atom. The van der Waals surface area contributed by atoms with Crippen molar-refractivity contribution in [3.05, 3.63) is 27.5 Å². The van der Waals surface area contributed by atoms with Gasteiger partial charge in [0, 0.05) is 6.20 Å². The van der Waals surface area contributed by atoms with Gasteiger partial charge in [-0.2, -0.15) is 0 Å². The number of hydrogen-bond donors (Lipinski definition) is 0. The summed E-state index contributed by atoms with van der Waals surface area (Å²) in [6.45, 7) is 2.29. The fraction of sp³-hybridized carbons (Fsp3) is 0.762. The molecule has 0 aromatic carbocycles. The minimum absolute atomic E-state index is 0.581. The molecule has 0 bridgehead atoms. The van der Waals surface area contributed by atoms with Crippen LogP contribution < -0.4 is 0 Å². The number of rotatable bonds is 15. The van der Waals surface area contributed by atoms with Gasteiger partial charge in [-0.1, -0.05) is 102 Å². The number of unbranched alkanes of at least 4 members (excludes halogenated alkanes) is 13.